The number of hydrogen-bond acceptors (Lipinski definition) is 2. The average molecular weight is 167 g/mol. The van der Waals surface area contributed by atoms with E-state index in [2.05, 4.69) is 11.6 Å². The van der Waals surface area contributed by atoms with Gasteiger partial charge in [0.25, 0.3) is 0 Å². The Morgan fingerprint density at radius 2 is 2.42 bits per heavy atom. The van der Waals surface area contributed by atoms with E-state index >= 15 is 0 Å². The summed E-state index contributed by atoms with van der Waals surface area (Å²) in [4.78, 5) is 3.44. The molecule has 0 saturated carbocycles. The molecule has 3 heteroatoms. The standard InChI is InChI=1S/C9H10FNO/c1-2-3-6-12-8-4-5-9(10)11-7-8/h2,4-5,7H,1,3,6H2. The third-order valence-corrected chi connectivity index (χ3v) is 1.29. The van der Waals surface area contributed by atoms with Crippen LogP contribution in [0.25, 0.3) is 0 Å². The topological polar surface area (TPSA) is 22.1 Å². The van der Waals surface area contributed by atoms with E-state index in [-0.39, 0.29) is 0 Å². The molecule has 0 aliphatic rings. The van der Waals surface area contributed by atoms with Gasteiger partial charge in [-0.25, -0.2) is 4.98 Å². The molecule has 12 heavy (non-hydrogen) atoms. The Morgan fingerprint density at radius 1 is 1.58 bits per heavy atom. The molecule has 2 nitrogen and oxygen atoms in total. The molecule has 0 radical (unpaired) electrons. The molecule has 0 aromatic carbocycles. The van der Waals surface area contributed by atoms with Crippen molar-refractivity contribution in [3.8, 4) is 5.75 Å². The van der Waals surface area contributed by atoms with Crippen molar-refractivity contribution < 1.29 is 9.13 Å². The van der Waals surface area contributed by atoms with Gasteiger partial charge in [-0.15, -0.1) is 6.58 Å². The molecule has 0 aliphatic heterocycles. The van der Waals surface area contributed by atoms with Crippen molar-refractivity contribution in [2.24, 2.45) is 0 Å². The zero-order valence-electron chi connectivity index (χ0n) is 6.66. The van der Waals surface area contributed by atoms with Crippen LogP contribution in [0.2, 0.25) is 0 Å². The van der Waals surface area contributed by atoms with Gasteiger partial charge in [0.15, 0.2) is 0 Å². The van der Waals surface area contributed by atoms with E-state index in [0.29, 0.717) is 12.4 Å². The normalized spacial score (nSPS) is 9.42. The molecular weight excluding hydrogens is 157 g/mol. The summed E-state index contributed by atoms with van der Waals surface area (Å²) in [7, 11) is 0. The third kappa shape index (κ3) is 2.70. The lowest BCUT2D eigenvalue weighted by molar-refractivity contribution is 0.322. The van der Waals surface area contributed by atoms with Gasteiger partial charge in [0.05, 0.1) is 12.8 Å². The van der Waals surface area contributed by atoms with Gasteiger partial charge in [0.1, 0.15) is 5.75 Å². The molecule has 0 bridgehead atoms. The van der Waals surface area contributed by atoms with Crippen LogP contribution in [0.15, 0.2) is 31.0 Å². The fourth-order valence-corrected chi connectivity index (χ4v) is 0.708. The highest BCUT2D eigenvalue weighted by Crippen LogP contribution is 2.08. The van der Waals surface area contributed by atoms with Crippen molar-refractivity contribution in [2.75, 3.05) is 6.61 Å². The highest BCUT2D eigenvalue weighted by atomic mass is 19.1. The maximum atomic E-state index is 12.3. The van der Waals surface area contributed by atoms with Crippen molar-refractivity contribution in [3.05, 3.63) is 36.9 Å². The number of pyridine rings is 1. The number of nitrogens with zero attached hydrogens (tertiary/aromatic N) is 1. The second-order valence-electron chi connectivity index (χ2n) is 2.24. The van der Waals surface area contributed by atoms with Crippen molar-refractivity contribution in [1.82, 2.24) is 4.98 Å². The lowest BCUT2D eigenvalue weighted by Gasteiger charge is -2.02. The van der Waals surface area contributed by atoms with Crippen LogP contribution in [0, 0.1) is 5.95 Å². The van der Waals surface area contributed by atoms with E-state index in [1.165, 1.54) is 12.3 Å². The number of rotatable bonds is 4. The molecular formula is C9H10FNO. The predicted octanol–water partition coefficient (Wildman–Crippen LogP) is 2.18. The Balaban J connectivity index is 2.42. The van der Waals surface area contributed by atoms with E-state index in [9.17, 15) is 4.39 Å². The van der Waals surface area contributed by atoms with Crippen LogP contribution in [0.3, 0.4) is 0 Å². The highest BCUT2D eigenvalue weighted by molar-refractivity contribution is 5.15. The summed E-state index contributed by atoms with van der Waals surface area (Å²) in [5, 5.41) is 0. The monoisotopic (exact) mass is 167 g/mol. The summed E-state index contributed by atoms with van der Waals surface area (Å²) in [5.41, 5.74) is 0. The van der Waals surface area contributed by atoms with Gasteiger partial charge in [-0.3, -0.25) is 0 Å². The van der Waals surface area contributed by atoms with E-state index in [1.807, 2.05) is 0 Å². The van der Waals surface area contributed by atoms with Gasteiger partial charge in [0, 0.05) is 0 Å². The quantitative estimate of drug-likeness (QED) is 0.389. The Labute approximate surface area is 70.7 Å². The van der Waals surface area contributed by atoms with Gasteiger partial charge in [-0.2, -0.15) is 4.39 Å². The Morgan fingerprint density at radius 3 is 3.00 bits per heavy atom. The van der Waals surface area contributed by atoms with Crippen LogP contribution in [-0.2, 0) is 0 Å². The summed E-state index contributed by atoms with van der Waals surface area (Å²) in [6, 6.07) is 2.81. The SMILES string of the molecule is C=CCCOc1ccc(F)nc1. The molecule has 1 rings (SSSR count). The van der Waals surface area contributed by atoms with Gasteiger partial charge in [-0.1, -0.05) is 6.08 Å². The fraction of sp³-hybridized carbons (Fsp3) is 0.222. The molecule has 0 amide bonds. The van der Waals surface area contributed by atoms with E-state index in [1.54, 1.807) is 12.1 Å². The number of halogens is 1. The molecule has 0 fully saturated rings. The van der Waals surface area contributed by atoms with Crippen LogP contribution in [-0.4, -0.2) is 11.6 Å². The number of aromatic nitrogens is 1. The Bertz CT molecular complexity index is 245. The first-order valence-electron chi connectivity index (χ1n) is 3.68. The molecule has 0 atom stereocenters. The fourth-order valence-electron chi connectivity index (χ4n) is 0.708. The lowest BCUT2D eigenvalue weighted by Crippen LogP contribution is -1.96. The Kier molecular flexibility index (Phi) is 3.26. The molecule has 1 heterocycles. The molecule has 64 valence electrons. The maximum Gasteiger partial charge on any atom is 0.213 e. The molecule has 0 N–H and O–H groups in total. The second-order valence-corrected chi connectivity index (χ2v) is 2.24. The lowest BCUT2D eigenvalue weighted by atomic mass is 10.4. The minimum absolute atomic E-state index is 0.494. The largest absolute Gasteiger partial charge is 0.492 e. The van der Waals surface area contributed by atoms with Gasteiger partial charge in [0.2, 0.25) is 5.95 Å². The van der Waals surface area contributed by atoms with Crippen molar-refractivity contribution in [3.63, 3.8) is 0 Å². The van der Waals surface area contributed by atoms with Crippen molar-refractivity contribution >= 4 is 0 Å². The molecule has 1 aromatic heterocycles. The molecule has 0 unspecified atom stereocenters. The first-order chi connectivity index (χ1) is 5.83. The van der Waals surface area contributed by atoms with E-state index in [0.717, 1.165) is 6.42 Å². The van der Waals surface area contributed by atoms with Crippen molar-refractivity contribution in [1.29, 1.82) is 0 Å². The maximum absolute atomic E-state index is 12.3. The molecule has 0 saturated heterocycles. The highest BCUT2D eigenvalue weighted by Gasteiger charge is 1.93. The van der Waals surface area contributed by atoms with Crippen LogP contribution in [0.5, 0.6) is 5.75 Å². The average Bonchev–Trinajstić information content (AvgIpc) is 2.09. The van der Waals surface area contributed by atoms with Gasteiger partial charge in [-0.05, 0) is 18.6 Å². The molecule has 0 aliphatic carbocycles. The van der Waals surface area contributed by atoms with E-state index < -0.39 is 5.95 Å². The second kappa shape index (κ2) is 4.49. The van der Waals surface area contributed by atoms with Crippen molar-refractivity contribution in [2.45, 2.75) is 6.42 Å². The first-order valence-corrected chi connectivity index (χ1v) is 3.68. The minimum atomic E-state index is -0.494. The zero-order chi connectivity index (χ0) is 8.81. The van der Waals surface area contributed by atoms with Gasteiger partial charge < -0.3 is 4.74 Å². The smallest absolute Gasteiger partial charge is 0.213 e. The first kappa shape index (κ1) is 8.71. The molecule has 1 aromatic rings. The summed E-state index contributed by atoms with van der Waals surface area (Å²) in [6.07, 6.45) is 3.90. The minimum Gasteiger partial charge on any atom is -0.492 e. The third-order valence-electron chi connectivity index (χ3n) is 1.29. The summed E-state index contributed by atoms with van der Waals surface area (Å²) >= 11 is 0. The summed E-state index contributed by atoms with van der Waals surface area (Å²) < 4.78 is 17.5. The number of ether oxygens (including phenoxy) is 1. The van der Waals surface area contributed by atoms with Crippen LogP contribution in [0.1, 0.15) is 6.42 Å². The molecule has 0 spiro atoms. The summed E-state index contributed by atoms with van der Waals surface area (Å²) in [5.74, 6) is 0.0873. The van der Waals surface area contributed by atoms with Crippen LogP contribution < -0.4 is 4.74 Å². The number of hydrogen-bond donors (Lipinski definition) is 0. The van der Waals surface area contributed by atoms with Crippen LogP contribution >= 0.6 is 0 Å². The summed E-state index contributed by atoms with van der Waals surface area (Å²) in [6.45, 7) is 4.10. The van der Waals surface area contributed by atoms with Crippen LogP contribution in [0.4, 0.5) is 4.39 Å². The van der Waals surface area contributed by atoms with Gasteiger partial charge >= 0.3 is 0 Å². The zero-order valence-corrected chi connectivity index (χ0v) is 6.66. The van der Waals surface area contributed by atoms with E-state index in [4.69, 9.17) is 4.74 Å². The predicted molar refractivity (Wildman–Crippen MR) is 44.5 cm³/mol. The Hall–Kier alpha value is -1.38.